The molecular weight excluding hydrogens is 226 g/mol. The number of hydrogen-bond donors (Lipinski definition) is 1. The molecule has 0 aromatic carbocycles. The quantitative estimate of drug-likeness (QED) is 0.778. The third-order valence-electron chi connectivity index (χ3n) is 2.33. The molecule has 4 nitrogen and oxygen atoms in total. The Labute approximate surface area is 102 Å². The first-order chi connectivity index (χ1) is 7.49. The Hall–Kier alpha value is -0.770. The molecule has 0 saturated heterocycles. The zero-order valence-corrected chi connectivity index (χ0v) is 11.1. The second-order valence-electron chi connectivity index (χ2n) is 4.58. The van der Waals surface area contributed by atoms with E-state index in [4.69, 9.17) is 16.0 Å². The number of anilines is 1. The maximum atomic E-state index is 5.83. The van der Waals surface area contributed by atoms with Crippen LogP contribution in [0.3, 0.4) is 0 Å². The van der Waals surface area contributed by atoms with Gasteiger partial charge in [0.1, 0.15) is 5.38 Å². The Morgan fingerprint density at radius 2 is 1.88 bits per heavy atom. The second kappa shape index (κ2) is 6.09. The number of halogens is 1. The van der Waals surface area contributed by atoms with E-state index in [0.29, 0.717) is 23.9 Å². The average molecular weight is 246 g/mol. The highest BCUT2D eigenvalue weighted by atomic mass is 35.5. The van der Waals surface area contributed by atoms with Gasteiger partial charge in [0.25, 0.3) is 0 Å². The lowest BCUT2D eigenvalue weighted by Crippen LogP contribution is -2.15. The maximum Gasteiger partial charge on any atom is 0.315 e. The first-order valence-electron chi connectivity index (χ1n) is 5.73. The van der Waals surface area contributed by atoms with Crippen LogP contribution < -0.4 is 5.32 Å². The molecule has 5 heteroatoms. The molecule has 16 heavy (non-hydrogen) atoms. The van der Waals surface area contributed by atoms with Crippen LogP contribution in [0.25, 0.3) is 0 Å². The van der Waals surface area contributed by atoms with Gasteiger partial charge in [-0.15, -0.1) is 16.7 Å². The van der Waals surface area contributed by atoms with Crippen LogP contribution in [0.5, 0.6) is 0 Å². The van der Waals surface area contributed by atoms with Gasteiger partial charge in [0.05, 0.1) is 0 Å². The summed E-state index contributed by atoms with van der Waals surface area (Å²) < 4.78 is 5.36. The van der Waals surface area contributed by atoms with Crippen molar-refractivity contribution in [3.63, 3.8) is 0 Å². The Kier molecular flexibility index (Phi) is 5.06. The zero-order chi connectivity index (χ0) is 12.1. The van der Waals surface area contributed by atoms with Crippen molar-refractivity contribution in [2.75, 3.05) is 5.32 Å². The molecule has 0 aliphatic rings. The number of alkyl halides is 1. The number of rotatable bonds is 6. The van der Waals surface area contributed by atoms with E-state index in [1.54, 1.807) is 6.92 Å². The maximum absolute atomic E-state index is 5.83. The van der Waals surface area contributed by atoms with Gasteiger partial charge in [-0.25, -0.2) is 0 Å². The number of aromatic nitrogens is 2. The molecule has 0 bridgehead atoms. The first-order valence-corrected chi connectivity index (χ1v) is 6.16. The molecule has 0 radical (unpaired) electrons. The summed E-state index contributed by atoms with van der Waals surface area (Å²) in [6.07, 6.45) is 2.27. The zero-order valence-electron chi connectivity index (χ0n) is 10.3. The molecule has 0 spiro atoms. The summed E-state index contributed by atoms with van der Waals surface area (Å²) in [5.74, 6) is 1.17. The second-order valence-corrected chi connectivity index (χ2v) is 5.23. The molecular formula is C11H20ClN3O. The highest BCUT2D eigenvalue weighted by Crippen LogP contribution is 2.20. The van der Waals surface area contributed by atoms with E-state index < -0.39 is 0 Å². The number of nitrogens with one attached hydrogen (secondary N) is 1. The Balaban J connectivity index is 2.40. The lowest BCUT2D eigenvalue weighted by molar-refractivity contribution is 0.485. The summed E-state index contributed by atoms with van der Waals surface area (Å²) in [5, 5.41) is 10.7. The molecule has 1 heterocycles. The molecule has 2 unspecified atom stereocenters. The third-order valence-corrected chi connectivity index (χ3v) is 2.51. The van der Waals surface area contributed by atoms with Crippen LogP contribution in [0.4, 0.5) is 6.01 Å². The van der Waals surface area contributed by atoms with E-state index in [1.165, 1.54) is 6.42 Å². The van der Waals surface area contributed by atoms with Gasteiger partial charge in [0.15, 0.2) is 0 Å². The number of hydrogen-bond acceptors (Lipinski definition) is 4. The fourth-order valence-electron chi connectivity index (χ4n) is 1.32. The van der Waals surface area contributed by atoms with E-state index in [0.717, 1.165) is 6.42 Å². The van der Waals surface area contributed by atoms with Gasteiger partial charge in [0, 0.05) is 6.04 Å². The minimum atomic E-state index is -0.242. The summed E-state index contributed by atoms with van der Waals surface area (Å²) in [5.41, 5.74) is 0. The molecule has 0 fully saturated rings. The Morgan fingerprint density at radius 1 is 1.19 bits per heavy atom. The summed E-state index contributed by atoms with van der Waals surface area (Å²) >= 11 is 5.83. The van der Waals surface area contributed by atoms with E-state index in [9.17, 15) is 0 Å². The molecule has 0 saturated carbocycles. The van der Waals surface area contributed by atoms with Crippen molar-refractivity contribution in [3.05, 3.63) is 5.89 Å². The van der Waals surface area contributed by atoms with Gasteiger partial charge in [-0.2, -0.15) is 0 Å². The van der Waals surface area contributed by atoms with Crippen molar-refractivity contribution in [1.82, 2.24) is 10.2 Å². The van der Waals surface area contributed by atoms with E-state index in [1.807, 2.05) is 0 Å². The highest BCUT2D eigenvalue weighted by molar-refractivity contribution is 6.20. The van der Waals surface area contributed by atoms with Crippen LogP contribution in [-0.4, -0.2) is 16.2 Å². The van der Waals surface area contributed by atoms with Crippen LogP contribution in [0.1, 0.15) is 51.8 Å². The molecule has 92 valence electrons. The lowest BCUT2D eigenvalue weighted by atomic mass is 10.0. The summed E-state index contributed by atoms with van der Waals surface area (Å²) in [6, 6.07) is 0.792. The van der Waals surface area contributed by atoms with Crippen molar-refractivity contribution in [3.8, 4) is 0 Å². The standard InChI is InChI=1S/C11H20ClN3O/c1-7(2)5-6-8(3)13-11-15-14-10(16-11)9(4)12/h7-9H,5-6H2,1-4H3,(H,13,15). The summed E-state index contributed by atoms with van der Waals surface area (Å²) in [6.45, 7) is 8.34. The lowest BCUT2D eigenvalue weighted by Gasteiger charge is -2.12. The van der Waals surface area contributed by atoms with Gasteiger partial charge in [-0.3, -0.25) is 0 Å². The average Bonchev–Trinajstić information content (AvgIpc) is 2.63. The Morgan fingerprint density at radius 3 is 2.38 bits per heavy atom. The third kappa shape index (κ3) is 4.39. The molecule has 1 N–H and O–H groups in total. The predicted molar refractivity (Wildman–Crippen MR) is 65.7 cm³/mol. The van der Waals surface area contributed by atoms with E-state index in [2.05, 4.69) is 36.3 Å². The summed E-state index contributed by atoms with van der Waals surface area (Å²) in [4.78, 5) is 0. The molecule has 1 rings (SSSR count). The SMILES string of the molecule is CC(C)CCC(C)Nc1nnc(C(C)Cl)o1. The van der Waals surface area contributed by atoms with Gasteiger partial charge >= 0.3 is 6.01 Å². The normalized spacial score (nSPS) is 15.1. The van der Waals surface area contributed by atoms with E-state index in [-0.39, 0.29) is 5.38 Å². The molecule has 1 aromatic heterocycles. The van der Waals surface area contributed by atoms with Gasteiger partial charge in [0.2, 0.25) is 5.89 Å². The van der Waals surface area contributed by atoms with Crippen LogP contribution in [0.2, 0.25) is 0 Å². The van der Waals surface area contributed by atoms with Gasteiger partial charge < -0.3 is 9.73 Å². The predicted octanol–water partition coefficient (Wildman–Crippen LogP) is 3.61. The fourth-order valence-corrected chi connectivity index (χ4v) is 1.41. The van der Waals surface area contributed by atoms with Crippen molar-refractivity contribution in [2.45, 2.75) is 52.0 Å². The topological polar surface area (TPSA) is 51.0 Å². The molecule has 0 amide bonds. The minimum Gasteiger partial charge on any atom is -0.406 e. The largest absolute Gasteiger partial charge is 0.406 e. The van der Waals surface area contributed by atoms with Crippen LogP contribution >= 0.6 is 11.6 Å². The van der Waals surface area contributed by atoms with Crippen molar-refractivity contribution in [2.24, 2.45) is 5.92 Å². The van der Waals surface area contributed by atoms with Crippen LogP contribution in [0, 0.1) is 5.92 Å². The molecule has 0 aliphatic heterocycles. The van der Waals surface area contributed by atoms with Crippen molar-refractivity contribution in [1.29, 1.82) is 0 Å². The first kappa shape index (κ1) is 13.3. The van der Waals surface area contributed by atoms with E-state index >= 15 is 0 Å². The Bertz CT molecular complexity index is 312. The monoisotopic (exact) mass is 245 g/mol. The minimum absolute atomic E-state index is 0.242. The van der Waals surface area contributed by atoms with Crippen molar-refractivity contribution < 1.29 is 4.42 Å². The fraction of sp³-hybridized carbons (Fsp3) is 0.818. The van der Waals surface area contributed by atoms with Gasteiger partial charge in [-0.1, -0.05) is 18.9 Å². The highest BCUT2D eigenvalue weighted by Gasteiger charge is 2.12. The molecule has 0 aliphatic carbocycles. The molecule has 1 aromatic rings. The number of nitrogens with zero attached hydrogens (tertiary/aromatic N) is 2. The van der Waals surface area contributed by atoms with Gasteiger partial charge in [-0.05, 0) is 32.6 Å². The smallest absolute Gasteiger partial charge is 0.315 e. The van der Waals surface area contributed by atoms with Crippen LogP contribution in [-0.2, 0) is 0 Å². The molecule has 2 atom stereocenters. The van der Waals surface area contributed by atoms with Crippen LogP contribution in [0.15, 0.2) is 4.42 Å². The van der Waals surface area contributed by atoms with Crippen molar-refractivity contribution >= 4 is 17.6 Å². The summed E-state index contributed by atoms with van der Waals surface area (Å²) in [7, 11) is 0.